The van der Waals surface area contributed by atoms with Gasteiger partial charge in [-0.25, -0.2) is 0 Å². The molecule has 72 valence electrons. The van der Waals surface area contributed by atoms with Gasteiger partial charge in [0.25, 0.3) is 0 Å². The first-order valence-corrected chi connectivity index (χ1v) is 4.62. The van der Waals surface area contributed by atoms with Gasteiger partial charge in [-0.05, 0) is 12.8 Å². The van der Waals surface area contributed by atoms with Crippen LogP contribution in [0.3, 0.4) is 0 Å². The molecule has 1 fully saturated rings. The smallest absolute Gasteiger partial charge is 0.215 e. The predicted molar refractivity (Wildman–Crippen MR) is 53.1 cm³/mol. The van der Waals surface area contributed by atoms with E-state index in [1.165, 1.54) is 6.20 Å². The zero-order valence-corrected chi connectivity index (χ0v) is 7.50. The highest BCUT2D eigenvalue weighted by Gasteiger charge is 2.28. The Kier molecular flexibility index (Phi) is 1.29. The first-order valence-electron chi connectivity index (χ1n) is 4.62. The normalized spacial score (nSPS) is 16.3. The minimum atomic E-state index is -0.116. The van der Waals surface area contributed by atoms with Gasteiger partial charge in [-0.15, -0.1) is 0 Å². The second-order valence-corrected chi connectivity index (χ2v) is 3.71. The number of hydrogen-bond acceptors (Lipinski definition) is 3. The van der Waals surface area contributed by atoms with Gasteiger partial charge in [-0.1, -0.05) is 0 Å². The van der Waals surface area contributed by atoms with Crippen molar-refractivity contribution in [2.24, 2.45) is 0 Å². The molecule has 0 spiro atoms. The molecule has 3 rings (SSSR count). The highest BCUT2D eigenvalue weighted by Crippen LogP contribution is 2.40. The second kappa shape index (κ2) is 2.37. The first kappa shape index (κ1) is 7.61. The maximum atomic E-state index is 11.7. The van der Waals surface area contributed by atoms with E-state index >= 15 is 0 Å². The molecule has 14 heavy (non-hydrogen) atoms. The van der Waals surface area contributed by atoms with Crippen LogP contribution < -0.4 is 11.2 Å². The van der Waals surface area contributed by atoms with E-state index < -0.39 is 0 Å². The minimum Gasteiger partial charge on any atom is -0.394 e. The zero-order chi connectivity index (χ0) is 9.71. The third-order valence-corrected chi connectivity index (χ3v) is 2.63. The summed E-state index contributed by atoms with van der Waals surface area (Å²) < 4.78 is 0. The van der Waals surface area contributed by atoms with Crippen LogP contribution in [-0.4, -0.2) is 15.2 Å². The van der Waals surface area contributed by atoms with Crippen molar-refractivity contribution >= 4 is 16.7 Å². The Bertz CT molecular complexity index is 549. The molecular weight excluding hydrogens is 180 g/mol. The molecule has 1 saturated carbocycles. The van der Waals surface area contributed by atoms with Gasteiger partial charge in [0.15, 0.2) is 5.65 Å². The number of hydrogen-bond donors (Lipinski definition) is 3. The molecule has 2 aromatic heterocycles. The highest BCUT2D eigenvalue weighted by atomic mass is 16.1. The van der Waals surface area contributed by atoms with Crippen molar-refractivity contribution in [2.45, 2.75) is 18.8 Å². The summed E-state index contributed by atoms with van der Waals surface area (Å²) >= 11 is 0. The van der Waals surface area contributed by atoms with E-state index in [4.69, 9.17) is 5.73 Å². The lowest BCUT2D eigenvalue weighted by molar-refractivity contribution is 0.974. The molecule has 1 aliphatic carbocycles. The molecule has 2 heterocycles. The number of rotatable bonds is 1. The van der Waals surface area contributed by atoms with Crippen LogP contribution in [0.1, 0.15) is 24.5 Å². The summed E-state index contributed by atoms with van der Waals surface area (Å²) in [6.45, 7) is 0. The molecule has 2 aromatic rings. The van der Waals surface area contributed by atoms with E-state index in [0.29, 0.717) is 17.0 Å². The third-order valence-electron chi connectivity index (χ3n) is 2.63. The van der Waals surface area contributed by atoms with E-state index in [2.05, 4.69) is 15.2 Å². The van der Waals surface area contributed by atoms with Crippen LogP contribution in [0.4, 0.5) is 5.69 Å². The SMILES string of the molecule is Nc1c[nH]c2n[nH]c(C3CC3)c2c1=O. The number of nitrogen functional groups attached to an aromatic ring is 1. The molecular formula is C9H10N4O. The van der Waals surface area contributed by atoms with Gasteiger partial charge in [-0.2, -0.15) is 5.10 Å². The van der Waals surface area contributed by atoms with Gasteiger partial charge in [0.05, 0.1) is 16.8 Å². The van der Waals surface area contributed by atoms with Crippen LogP contribution in [0.25, 0.3) is 11.0 Å². The van der Waals surface area contributed by atoms with E-state index in [1.54, 1.807) is 0 Å². The lowest BCUT2D eigenvalue weighted by Crippen LogP contribution is -2.09. The average Bonchev–Trinajstić information content (AvgIpc) is 2.93. The van der Waals surface area contributed by atoms with Crippen LogP contribution in [0, 0.1) is 0 Å². The maximum Gasteiger partial charge on any atom is 0.215 e. The van der Waals surface area contributed by atoms with Crippen LogP contribution >= 0.6 is 0 Å². The fraction of sp³-hybridized carbons (Fsp3) is 0.333. The Balaban J connectivity index is 2.42. The van der Waals surface area contributed by atoms with Crippen LogP contribution in [0.15, 0.2) is 11.0 Å². The van der Waals surface area contributed by atoms with Crippen molar-refractivity contribution in [3.63, 3.8) is 0 Å². The highest BCUT2D eigenvalue weighted by molar-refractivity contribution is 5.81. The van der Waals surface area contributed by atoms with Crippen LogP contribution in [0.5, 0.6) is 0 Å². The summed E-state index contributed by atoms with van der Waals surface area (Å²) in [7, 11) is 0. The molecule has 0 atom stereocenters. The molecule has 1 aliphatic rings. The monoisotopic (exact) mass is 190 g/mol. The Morgan fingerprint density at radius 2 is 2.29 bits per heavy atom. The number of aromatic nitrogens is 3. The van der Waals surface area contributed by atoms with Crippen molar-refractivity contribution in [1.29, 1.82) is 0 Å². The van der Waals surface area contributed by atoms with Gasteiger partial charge in [0.2, 0.25) is 5.43 Å². The van der Waals surface area contributed by atoms with Crippen molar-refractivity contribution in [2.75, 3.05) is 5.73 Å². The Labute approximate surface area is 79.3 Å². The first-order chi connectivity index (χ1) is 6.77. The molecule has 5 heteroatoms. The lowest BCUT2D eigenvalue weighted by atomic mass is 10.2. The number of pyridine rings is 1. The van der Waals surface area contributed by atoms with Crippen LogP contribution in [-0.2, 0) is 0 Å². The molecule has 5 nitrogen and oxygen atoms in total. The van der Waals surface area contributed by atoms with Gasteiger partial charge in [0, 0.05) is 12.1 Å². The number of aromatic amines is 2. The predicted octanol–water partition coefficient (Wildman–Crippen LogP) is 0.711. The van der Waals surface area contributed by atoms with E-state index in [0.717, 1.165) is 18.5 Å². The van der Waals surface area contributed by atoms with Gasteiger partial charge < -0.3 is 10.7 Å². The van der Waals surface area contributed by atoms with E-state index in [1.807, 2.05) is 0 Å². The maximum absolute atomic E-state index is 11.7. The summed E-state index contributed by atoms with van der Waals surface area (Å²) in [6, 6.07) is 0. The molecule has 4 N–H and O–H groups in total. The zero-order valence-electron chi connectivity index (χ0n) is 7.50. The molecule has 0 radical (unpaired) electrons. The summed E-state index contributed by atoms with van der Waals surface area (Å²) in [5, 5.41) is 7.58. The lowest BCUT2D eigenvalue weighted by Gasteiger charge is -1.94. The molecule has 0 aromatic carbocycles. The van der Waals surface area contributed by atoms with Crippen LogP contribution in [0.2, 0.25) is 0 Å². The Morgan fingerprint density at radius 1 is 1.50 bits per heavy atom. The quantitative estimate of drug-likeness (QED) is 0.618. The average molecular weight is 190 g/mol. The summed E-state index contributed by atoms with van der Waals surface area (Å²) in [6.07, 6.45) is 3.75. The van der Waals surface area contributed by atoms with E-state index in [-0.39, 0.29) is 11.1 Å². The fourth-order valence-electron chi connectivity index (χ4n) is 1.71. The summed E-state index contributed by atoms with van der Waals surface area (Å²) in [5.41, 5.74) is 7.22. The number of H-pyrrole nitrogens is 2. The Morgan fingerprint density at radius 3 is 3.00 bits per heavy atom. The number of nitrogens with one attached hydrogen (secondary N) is 2. The number of fused-ring (bicyclic) bond motifs is 1. The Hall–Kier alpha value is -1.78. The van der Waals surface area contributed by atoms with Gasteiger partial charge in [-0.3, -0.25) is 9.89 Å². The minimum absolute atomic E-state index is 0.116. The standard InChI is InChI=1S/C9H10N4O/c10-5-3-11-9-6(8(5)14)7(12-13-9)4-1-2-4/h3-4H,1-2,10H2,(H2,11,12,13,14). The summed E-state index contributed by atoms with van der Waals surface area (Å²) in [4.78, 5) is 14.6. The topological polar surface area (TPSA) is 87.6 Å². The number of nitrogens with zero attached hydrogens (tertiary/aromatic N) is 1. The second-order valence-electron chi connectivity index (χ2n) is 3.71. The van der Waals surface area contributed by atoms with Crippen molar-refractivity contribution in [3.8, 4) is 0 Å². The molecule has 0 unspecified atom stereocenters. The molecule has 0 bridgehead atoms. The molecule has 0 saturated heterocycles. The van der Waals surface area contributed by atoms with E-state index in [9.17, 15) is 4.79 Å². The van der Waals surface area contributed by atoms with Gasteiger partial charge in [0.1, 0.15) is 0 Å². The van der Waals surface area contributed by atoms with Crippen molar-refractivity contribution in [3.05, 3.63) is 22.1 Å². The molecule has 0 amide bonds. The van der Waals surface area contributed by atoms with Crippen molar-refractivity contribution < 1.29 is 0 Å². The number of nitrogens with two attached hydrogens (primary N) is 1. The van der Waals surface area contributed by atoms with Crippen molar-refractivity contribution in [1.82, 2.24) is 15.2 Å². The fourth-order valence-corrected chi connectivity index (χ4v) is 1.71. The van der Waals surface area contributed by atoms with Gasteiger partial charge >= 0.3 is 0 Å². The largest absolute Gasteiger partial charge is 0.394 e. The summed E-state index contributed by atoms with van der Waals surface area (Å²) in [5.74, 6) is 0.475. The number of anilines is 1. The third kappa shape index (κ3) is 0.891. The molecule has 0 aliphatic heterocycles.